The van der Waals surface area contributed by atoms with Crippen LogP contribution in [0.3, 0.4) is 0 Å². The molecule has 1 unspecified atom stereocenters. The number of β-amino-alcohol motifs (C(OH)–C–C–N with tert-alkyl or cyclic N) is 1. The summed E-state index contributed by atoms with van der Waals surface area (Å²) in [6.45, 7) is 1.52. The second-order valence-electron chi connectivity index (χ2n) is 4.73. The fourth-order valence-electron chi connectivity index (χ4n) is 2.02. The van der Waals surface area contributed by atoms with Gasteiger partial charge in [-0.25, -0.2) is 9.59 Å². The summed E-state index contributed by atoms with van der Waals surface area (Å²) in [4.78, 5) is 25.7. The fourth-order valence-corrected chi connectivity index (χ4v) is 2.02. The van der Waals surface area contributed by atoms with Gasteiger partial charge in [-0.1, -0.05) is 30.3 Å². The molecule has 0 spiro atoms. The summed E-state index contributed by atoms with van der Waals surface area (Å²) in [7, 11) is 1.52. The van der Waals surface area contributed by atoms with Gasteiger partial charge in [0, 0.05) is 7.05 Å². The number of nitrogens with zero attached hydrogens (tertiary/aromatic N) is 2. The summed E-state index contributed by atoms with van der Waals surface area (Å²) in [6.07, 6.45) is -0.844. The highest BCUT2D eigenvalue weighted by Crippen LogP contribution is 2.23. The van der Waals surface area contributed by atoms with Crippen LogP contribution in [0.5, 0.6) is 0 Å². The first kappa shape index (κ1) is 13.4. The number of likely N-dealkylation sites (N-methyl/N-ethyl adjacent to an activating group) is 1. The molecule has 0 saturated carbocycles. The highest BCUT2D eigenvalue weighted by molar-refractivity contribution is 5.93. The molecule has 102 valence electrons. The van der Waals surface area contributed by atoms with Crippen molar-refractivity contribution in [2.75, 3.05) is 13.6 Å². The lowest BCUT2D eigenvalue weighted by Gasteiger charge is -2.25. The van der Waals surface area contributed by atoms with E-state index in [1.807, 2.05) is 30.3 Å². The van der Waals surface area contributed by atoms with Gasteiger partial charge in [0.2, 0.25) is 0 Å². The molecule has 1 atom stereocenters. The highest BCUT2D eigenvalue weighted by Gasteiger charge is 2.48. The van der Waals surface area contributed by atoms with E-state index in [2.05, 4.69) is 0 Å². The maximum Gasteiger partial charge on any atom is 0.420 e. The molecule has 0 aliphatic carbocycles. The summed E-state index contributed by atoms with van der Waals surface area (Å²) in [5.41, 5.74) is -0.727. The van der Waals surface area contributed by atoms with E-state index in [1.165, 1.54) is 18.9 Å². The lowest BCUT2D eigenvalue weighted by Crippen LogP contribution is -2.48. The summed E-state index contributed by atoms with van der Waals surface area (Å²) < 4.78 is 5.05. The number of carbonyl (C=O) groups excluding carboxylic acids is 2. The molecule has 19 heavy (non-hydrogen) atoms. The topological polar surface area (TPSA) is 70.1 Å². The normalized spacial score (nSPS) is 22.8. The van der Waals surface area contributed by atoms with Crippen LogP contribution in [-0.4, -0.2) is 46.3 Å². The lowest BCUT2D eigenvalue weighted by atomic mass is 10.2. The van der Waals surface area contributed by atoms with Crippen molar-refractivity contribution >= 4 is 12.1 Å². The van der Waals surface area contributed by atoms with Crippen LogP contribution >= 0.6 is 0 Å². The highest BCUT2D eigenvalue weighted by atomic mass is 16.6. The maximum atomic E-state index is 11.9. The minimum Gasteiger partial charge on any atom is -0.444 e. The predicted octanol–water partition coefficient (Wildman–Crippen LogP) is 1.40. The van der Waals surface area contributed by atoms with Gasteiger partial charge in [-0.15, -0.1) is 0 Å². The van der Waals surface area contributed by atoms with E-state index in [0.717, 1.165) is 10.5 Å². The van der Waals surface area contributed by atoms with Crippen LogP contribution in [0.25, 0.3) is 0 Å². The van der Waals surface area contributed by atoms with Crippen molar-refractivity contribution in [2.24, 2.45) is 0 Å². The summed E-state index contributed by atoms with van der Waals surface area (Å²) >= 11 is 0. The smallest absolute Gasteiger partial charge is 0.420 e. The van der Waals surface area contributed by atoms with Crippen LogP contribution in [0.15, 0.2) is 30.3 Å². The molecule has 1 saturated heterocycles. The van der Waals surface area contributed by atoms with Crippen molar-refractivity contribution in [3.63, 3.8) is 0 Å². The zero-order chi connectivity index (χ0) is 14.0. The first-order valence-electron chi connectivity index (χ1n) is 5.90. The van der Waals surface area contributed by atoms with E-state index < -0.39 is 17.8 Å². The molecule has 1 aromatic rings. The zero-order valence-corrected chi connectivity index (χ0v) is 10.9. The van der Waals surface area contributed by atoms with Crippen LogP contribution in [0.1, 0.15) is 12.5 Å². The van der Waals surface area contributed by atoms with Crippen molar-refractivity contribution in [1.82, 2.24) is 9.80 Å². The Hall–Kier alpha value is -2.08. The number of amides is 3. The number of urea groups is 1. The van der Waals surface area contributed by atoms with Gasteiger partial charge in [-0.05, 0) is 12.5 Å². The van der Waals surface area contributed by atoms with Crippen molar-refractivity contribution in [3.05, 3.63) is 35.9 Å². The number of benzene rings is 1. The largest absolute Gasteiger partial charge is 0.444 e. The maximum absolute atomic E-state index is 11.9. The van der Waals surface area contributed by atoms with Crippen molar-refractivity contribution in [2.45, 2.75) is 19.3 Å². The van der Waals surface area contributed by atoms with Gasteiger partial charge in [-0.3, -0.25) is 0 Å². The molecule has 6 nitrogen and oxygen atoms in total. The molecular formula is C13H16N2O4. The average molecular weight is 264 g/mol. The van der Waals surface area contributed by atoms with E-state index in [0.29, 0.717) is 0 Å². The first-order valence-corrected chi connectivity index (χ1v) is 5.90. The van der Waals surface area contributed by atoms with Gasteiger partial charge in [-0.2, -0.15) is 4.90 Å². The zero-order valence-electron chi connectivity index (χ0n) is 10.9. The molecule has 1 N–H and O–H groups in total. The number of carbonyl (C=O) groups is 2. The Labute approximate surface area is 111 Å². The SMILES string of the molecule is CN1CC(C)(O)N(C(=O)OCc2ccccc2)C1=O. The monoisotopic (exact) mass is 264 g/mol. The Balaban J connectivity index is 2.02. The molecule has 1 aromatic carbocycles. The van der Waals surface area contributed by atoms with Gasteiger partial charge in [0.15, 0.2) is 5.72 Å². The number of hydrogen-bond donors (Lipinski definition) is 1. The van der Waals surface area contributed by atoms with Crippen molar-refractivity contribution < 1.29 is 19.4 Å². The predicted molar refractivity (Wildman–Crippen MR) is 67.1 cm³/mol. The molecular weight excluding hydrogens is 248 g/mol. The minimum absolute atomic E-state index is 0.0588. The molecule has 0 bridgehead atoms. The molecule has 0 radical (unpaired) electrons. The van der Waals surface area contributed by atoms with Crippen molar-refractivity contribution in [1.29, 1.82) is 0 Å². The average Bonchev–Trinajstić information content (AvgIpc) is 2.57. The minimum atomic E-state index is -1.54. The third-order valence-corrected chi connectivity index (χ3v) is 2.92. The number of hydrogen-bond acceptors (Lipinski definition) is 4. The van der Waals surface area contributed by atoms with Gasteiger partial charge in [0.1, 0.15) is 6.61 Å². The third-order valence-electron chi connectivity index (χ3n) is 2.92. The van der Waals surface area contributed by atoms with Crippen LogP contribution in [-0.2, 0) is 11.3 Å². The standard InChI is InChI=1S/C13H16N2O4/c1-13(18)9-14(2)11(16)15(13)12(17)19-8-10-6-4-3-5-7-10/h3-7,18H,8-9H2,1-2H3. The molecule has 1 aliphatic heterocycles. The van der Waals surface area contributed by atoms with E-state index in [4.69, 9.17) is 4.74 Å². The lowest BCUT2D eigenvalue weighted by molar-refractivity contribution is -0.0363. The van der Waals surface area contributed by atoms with Gasteiger partial charge in [0.25, 0.3) is 0 Å². The Kier molecular flexibility index (Phi) is 3.44. The number of imide groups is 1. The van der Waals surface area contributed by atoms with Crippen LogP contribution in [0.2, 0.25) is 0 Å². The Morgan fingerprint density at radius 2 is 2.05 bits per heavy atom. The van der Waals surface area contributed by atoms with Crippen molar-refractivity contribution in [3.8, 4) is 0 Å². The first-order chi connectivity index (χ1) is 8.92. The van der Waals surface area contributed by atoms with E-state index in [1.54, 1.807) is 0 Å². The molecule has 6 heteroatoms. The number of aliphatic hydroxyl groups is 1. The summed E-state index contributed by atoms with van der Waals surface area (Å²) in [5.74, 6) is 0. The third kappa shape index (κ3) is 2.68. The van der Waals surface area contributed by atoms with Gasteiger partial charge < -0.3 is 14.7 Å². The van der Waals surface area contributed by atoms with Crippen LogP contribution in [0.4, 0.5) is 9.59 Å². The summed E-state index contributed by atoms with van der Waals surface area (Å²) in [6, 6.07) is 8.56. The fraction of sp³-hybridized carbons (Fsp3) is 0.385. The molecule has 1 fully saturated rings. The summed E-state index contributed by atoms with van der Waals surface area (Å²) in [5, 5.41) is 10.0. The van der Waals surface area contributed by atoms with E-state index in [9.17, 15) is 14.7 Å². The van der Waals surface area contributed by atoms with E-state index >= 15 is 0 Å². The van der Waals surface area contributed by atoms with Crippen LogP contribution < -0.4 is 0 Å². The second-order valence-corrected chi connectivity index (χ2v) is 4.73. The second kappa shape index (κ2) is 4.89. The quantitative estimate of drug-likeness (QED) is 0.876. The Morgan fingerprint density at radius 1 is 1.42 bits per heavy atom. The molecule has 1 aliphatic rings. The van der Waals surface area contributed by atoms with Gasteiger partial charge >= 0.3 is 12.1 Å². The molecule has 3 amide bonds. The van der Waals surface area contributed by atoms with Gasteiger partial charge in [0.05, 0.1) is 6.54 Å². The van der Waals surface area contributed by atoms with E-state index in [-0.39, 0.29) is 13.2 Å². The van der Waals surface area contributed by atoms with Crippen LogP contribution in [0, 0.1) is 0 Å². The number of ether oxygens (including phenoxy) is 1. The Bertz CT molecular complexity index is 487. The molecule has 1 heterocycles. The molecule has 2 rings (SSSR count). The Morgan fingerprint density at radius 3 is 2.58 bits per heavy atom. The molecule has 0 aromatic heterocycles. The number of rotatable bonds is 2.